The number of carbonyl (C=O) groups is 1. The molecule has 1 aromatic heterocycles. The zero-order chi connectivity index (χ0) is 25.7. The van der Waals surface area contributed by atoms with Crippen molar-refractivity contribution in [1.82, 2.24) is 4.98 Å². The molecule has 1 aliphatic rings. The topological polar surface area (TPSA) is 66.5 Å². The first-order chi connectivity index (χ1) is 17.4. The van der Waals surface area contributed by atoms with E-state index in [9.17, 15) is 13.6 Å². The molecule has 190 valence electrons. The molecule has 0 atom stereocenters. The summed E-state index contributed by atoms with van der Waals surface area (Å²) >= 11 is 0. The summed E-state index contributed by atoms with van der Waals surface area (Å²) in [6, 6.07) is 13.3. The minimum Gasteiger partial charge on any atom is -0.378 e. The monoisotopic (exact) mass is 494 g/mol. The van der Waals surface area contributed by atoms with Crippen molar-refractivity contribution < 1.29 is 18.3 Å². The predicted octanol–water partition coefficient (Wildman–Crippen LogP) is 6.08. The van der Waals surface area contributed by atoms with E-state index >= 15 is 0 Å². The number of benzene rings is 2. The number of aromatic nitrogens is 1. The van der Waals surface area contributed by atoms with Gasteiger partial charge in [0.25, 0.3) is 12.3 Å². The molecule has 2 heterocycles. The summed E-state index contributed by atoms with van der Waals surface area (Å²) in [6.07, 6.45) is -1.79. The van der Waals surface area contributed by atoms with Crippen LogP contribution in [0.3, 0.4) is 0 Å². The molecule has 0 bridgehead atoms. The second-order valence-corrected chi connectivity index (χ2v) is 8.75. The molecular weight excluding hydrogens is 462 g/mol. The fourth-order valence-electron chi connectivity index (χ4n) is 4.44. The maximum Gasteiger partial charge on any atom is 0.263 e. The van der Waals surface area contributed by atoms with Gasteiger partial charge in [-0.2, -0.15) is 0 Å². The highest BCUT2D eigenvalue weighted by Gasteiger charge is 2.20. The first-order valence-electron chi connectivity index (χ1n) is 12.3. The molecule has 4 rings (SSSR count). The van der Waals surface area contributed by atoms with Crippen molar-refractivity contribution in [2.45, 2.75) is 33.6 Å². The van der Waals surface area contributed by atoms with E-state index in [0.717, 1.165) is 54.4 Å². The number of hydrogen-bond donors (Lipinski definition) is 2. The van der Waals surface area contributed by atoms with Gasteiger partial charge in [0.2, 0.25) is 0 Å². The molecule has 1 saturated heterocycles. The van der Waals surface area contributed by atoms with Gasteiger partial charge in [0.1, 0.15) is 5.82 Å². The third-order valence-corrected chi connectivity index (χ3v) is 6.32. The van der Waals surface area contributed by atoms with Crippen molar-refractivity contribution in [1.29, 1.82) is 0 Å². The molecule has 0 radical (unpaired) electrons. The summed E-state index contributed by atoms with van der Waals surface area (Å²) in [6.45, 7) is 9.93. The fourth-order valence-corrected chi connectivity index (χ4v) is 4.44. The Morgan fingerprint density at radius 2 is 1.89 bits per heavy atom. The average molecular weight is 495 g/mol. The van der Waals surface area contributed by atoms with Gasteiger partial charge in [0.15, 0.2) is 0 Å². The van der Waals surface area contributed by atoms with E-state index in [-0.39, 0.29) is 11.1 Å². The Labute approximate surface area is 210 Å². The highest BCUT2D eigenvalue weighted by atomic mass is 19.3. The Bertz CT molecular complexity index is 1230. The van der Waals surface area contributed by atoms with Crippen LogP contribution in [0.5, 0.6) is 0 Å². The number of pyridine rings is 1. The Hall–Kier alpha value is -3.52. The second kappa shape index (κ2) is 11.5. The van der Waals surface area contributed by atoms with Gasteiger partial charge in [0.05, 0.1) is 18.9 Å². The van der Waals surface area contributed by atoms with Gasteiger partial charge in [-0.25, -0.2) is 13.8 Å². The van der Waals surface area contributed by atoms with E-state index < -0.39 is 12.3 Å². The number of alkyl halides is 2. The van der Waals surface area contributed by atoms with E-state index in [2.05, 4.69) is 28.5 Å². The van der Waals surface area contributed by atoms with Crippen molar-refractivity contribution in [3.63, 3.8) is 0 Å². The summed E-state index contributed by atoms with van der Waals surface area (Å²) in [5, 5.41) is 6.27. The number of ether oxygens (including phenoxy) is 1. The minimum atomic E-state index is -2.63. The molecule has 2 N–H and O–H groups in total. The van der Waals surface area contributed by atoms with Gasteiger partial charge in [-0.3, -0.25) is 4.79 Å². The van der Waals surface area contributed by atoms with Crippen molar-refractivity contribution in [3.8, 4) is 11.3 Å². The number of amides is 1. The van der Waals surface area contributed by atoms with Crippen molar-refractivity contribution in [2.75, 3.05) is 48.4 Å². The largest absolute Gasteiger partial charge is 0.378 e. The molecule has 3 aromatic rings. The first-order valence-corrected chi connectivity index (χ1v) is 12.3. The van der Waals surface area contributed by atoms with Crippen molar-refractivity contribution in [2.24, 2.45) is 0 Å². The first kappa shape index (κ1) is 25.6. The summed E-state index contributed by atoms with van der Waals surface area (Å²) in [4.78, 5) is 20.1. The van der Waals surface area contributed by atoms with E-state index in [1.165, 1.54) is 29.8 Å². The van der Waals surface area contributed by atoms with Gasteiger partial charge >= 0.3 is 0 Å². The van der Waals surface area contributed by atoms with Gasteiger partial charge in [-0.15, -0.1) is 0 Å². The summed E-state index contributed by atoms with van der Waals surface area (Å²) in [7, 11) is 0. The number of carbonyl (C=O) groups excluding carboxylic acids is 1. The second-order valence-electron chi connectivity index (χ2n) is 8.75. The molecule has 1 amide bonds. The Morgan fingerprint density at radius 3 is 2.58 bits per heavy atom. The number of rotatable bonds is 8. The molecular formula is C28H32F2N4O2. The molecule has 0 saturated carbocycles. The average Bonchev–Trinajstić information content (AvgIpc) is 2.90. The molecule has 0 unspecified atom stereocenters. The number of morpholine rings is 1. The number of aryl methyl sites for hydroxylation is 1. The summed E-state index contributed by atoms with van der Waals surface area (Å²) in [5.74, 6) is 0.417. The Balaban J connectivity index is 1.70. The highest BCUT2D eigenvalue weighted by molar-refractivity contribution is 6.04. The molecule has 6 nitrogen and oxygen atoms in total. The third kappa shape index (κ3) is 5.65. The van der Waals surface area contributed by atoms with E-state index in [0.29, 0.717) is 18.9 Å². The zero-order valence-electron chi connectivity index (χ0n) is 20.9. The lowest BCUT2D eigenvalue weighted by Crippen LogP contribution is -2.37. The Kier molecular flexibility index (Phi) is 8.15. The van der Waals surface area contributed by atoms with E-state index in [4.69, 9.17) is 9.72 Å². The van der Waals surface area contributed by atoms with Gasteiger partial charge < -0.3 is 20.3 Å². The van der Waals surface area contributed by atoms with E-state index in [1.807, 2.05) is 32.0 Å². The van der Waals surface area contributed by atoms with Gasteiger partial charge in [0, 0.05) is 53.3 Å². The quantitative estimate of drug-likeness (QED) is 0.397. The van der Waals surface area contributed by atoms with Crippen LogP contribution in [0, 0.1) is 6.92 Å². The lowest BCUT2D eigenvalue weighted by atomic mass is 10.0. The zero-order valence-corrected chi connectivity index (χ0v) is 20.9. The van der Waals surface area contributed by atoms with Crippen LogP contribution < -0.4 is 15.5 Å². The smallest absolute Gasteiger partial charge is 0.263 e. The maximum absolute atomic E-state index is 13.1. The third-order valence-electron chi connectivity index (χ3n) is 6.32. The number of anilines is 3. The molecule has 1 fully saturated rings. The molecule has 0 aliphatic carbocycles. The summed E-state index contributed by atoms with van der Waals surface area (Å²) in [5.41, 5.74) is 5.59. The van der Waals surface area contributed by atoms with Crippen LogP contribution in [0.4, 0.5) is 26.0 Å². The lowest BCUT2D eigenvalue weighted by molar-refractivity contribution is 0.102. The van der Waals surface area contributed by atoms with Crippen LogP contribution in [-0.4, -0.2) is 43.7 Å². The van der Waals surface area contributed by atoms with Crippen LogP contribution >= 0.6 is 0 Å². The number of halogens is 2. The van der Waals surface area contributed by atoms with Gasteiger partial charge in [-0.05, 0) is 56.2 Å². The maximum atomic E-state index is 13.1. The number of nitrogens with one attached hydrogen (secondary N) is 2. The standard InChI is InChI=1S/C28H32F2N4O2/c1-4-22-25(34-11-13-36-14-12-34)17-24(33-27(22)31-5-2)23-16-21(10-9-18(23)3)32-28(35)20-8-6-7-19(15-20)26(29)30/h6-10,15-17,26H,4-5,11-14H2,1-3H3,(H,31,33)(H,32,35). The molecule has 0 spiro atoms. The van der Waals surface area contributed by atoms with Crippen LogP contribution in [0.2, 0.25) is 0 Å². The predicted molar refractivity (Wildman–Crippen MR) is 140 cm³/mol. The van der Waals surface area contributed by atoms with Crippen molar-refractivity contribution >= 4 is 23.1 Å². The van der Waals surface area contributed by atoms with Crippen molar-refractivity contribution in [3.05, 3.63) is 70.8 Å². The fraction of sp³-hybridized carbons (Fsp3) is 0.357. The van der Waals surface area contributed by atoms with Gasteiger partial charge in [-0.1, -0.05) is 25.1 Å². The summed E-state index contributed by atoms with van der Waals surface area (Å²) < 4.78 is 31.7. The SMILES string of the molecule is CCNc1nc(-c2cc(NC(=O)c3cccc(C(F)F)c3)ccc2C)cc(N2CCOCC2)c1CC. The Morgan fingerprint density at radius 1 is 1.11 bits per heavy atom. The van der Waals surface area contributed by atoms with Crippen LogP contribution in [-0.2, 0) is 11.2 Å². The normalized spacial score (nSPS) is 13.7. The molecule has 8 heteroatoms. The van der Waals surface area contributed by atoms with Crippen LogP contribution in [0.1, 0.15) is 47.3 Å². The highest BCUT2D eigenvalue weighted by Crippen LogP contribution is 2.35. The molecule has 36 heavy (non-hydrogen) atoms. The minimum absolute atomic E-state index is 0.181. The van der Waals surface area contributed by atoms with Crippen LogP contribution in [0.25, 0.3) is 11.3 Å². The molecule has 1 aliphatic heterocycles. The number of hydrogen-bond acceptors (Lipinski definition) is 5. The number of nitrogens with zero attached hydrogens (tertiary/aromatic N) is 2. The lowest BCUT2D eigenvalue weighted by Gasteiger charge is -2.31. The van der Waals surface area contributed by atoms with Crippen LogP contribution in [0.15, 0.2) is 48.5 Å². The van der Waals surface area contributed by atoms with E-state index in [1.54, 1.807) is 0 Å². The molecule has 2 aromatic carbocycles.